The fourth-order valence-corrected chi connectivity index (χ4v) is 4.38. The Morgan fingerprint density at radius 1 is 1.04 bits per heavy atom. The average Bonchev–Trinajstić information content (AvgIpc) is 2.86. The molecule has 2 aliphatic rings. The second kappa shape index (κ2) is 6.49. The van der Waals surface area contributed by atoms with Gasteiger partial charge in [-0.3, -0.25) is 0 Å². The Labute approximate surface area is 159 Å². The summed E-state index contributed by atoms with van der Waals surface area (Å²) in [4.78, 5) is 7.00. The van der Waals surface area contributed by atoms with Crippen LogP contribution in [0, 0.1) is 0 Å². The van der Waals surface area contributed by atoms with Crippen LogP contribution in [0.15, 0.2) is 65.7 Å². The molecule has 0 aromatic heterocycles. The number of aliphatic imine (C=N–C) groups is 1. The van der Waals surface area contributed by atoms with Gasteiger partial charge in [0.15, 0.2) is 0 Å². The summed E-state index contributed by atoms with van der Waals surface area (Å²) in [6.07, 6.45) is 1.65. The Bertz CT molecular complexity index is 835. The van der Waals surface area contributed by atoms with Gasteiger partial charge < -0.3 is 15.0 Å². The third-order valence-electron chi connectivity index (χ3n) is 5.05. The molecule has 2 aromatic carbocycles. The summed E-state index contributed by atoms with van der Waals surface area (Å²) >= 11 is 5.70. The normalized spacial score (nSPS) is 24.6. The summed E-state index contributed by atoms with van der Waals surface area (Å²) in [5.41, 5.74) is 1.52. The SMILES string of the molecule is CC1(C)CC2(CCO1)C(Nc1ccccc1)=NC(=S)N2c1ccccc1. The van der Waals surface area contributed by atoms with Crippen LogP contribution in [0.5, 0.6) is 0 Å². The maximum atomic E-state index is 6.02. The number of para-hydroxylation sites is 2. The first-order chi connectivity index (χ1) is 12.5. The Hall–Kier alpha value is -2.24. The van der Waals surface area contributed by atoms with Crippen LogP contribution < -0.4 is 10.2 Å². The van der Waals surface area contributed by atoms with E-state index in [1.807, 2.05) is 36.4 Å². The van der Waals surface area contributed by atoms with Crippen LogP contribution in [0.4, 0.5) is 11.4 Å². The van der Waals surface area contributed by atoms with E-state index in [9.17, 15) is 0 Å². The standard InChI is InChI=1S/C21H23N3OS/c1-20(2)15-21(13-14-25-20)18(22-16-9-5-3-6-10-16)23-19(26)24(21)17-11-7-4-8-12-17/h3-12H,13-15H2,1-2H3,(H,22,23,26). The fraction of sp³-hybridized carbons (Fsp3) is 0.333. The van der Waals surface area contributed by atoms with Gasteiger partial charge in [0.2, 0.25) is 5.11 Å². The van der Waals surface area contributed by atoms with Crippen LogP contribution in [0.25, 0.3) is 0 Å². The highest BCUT2D eigenvalue weighted by Gasteiger charge is 2.53. The highest BCUT2D eigenvalue weighted by Crippen LogP contribution is 2.43. The number of benzene rings is 2. The molecule has 0 amide bonds. The summed E-state index contributed by atoms with van der Waals surface area (Å²) in [5, 5.41) is 4.14. The van der Waals surface area contributed by atoms with E-state index in [0.717, 1.165) is 30.1 Å². The van der Waals surface area contributed by atoms with Gasteiger partial charge in [-0.2, -0.15) is 0 Å². The molecule has 0 bridgehead atoms. The number of hydrogen-bond acceptors (Lipinski definition) is 3. The molecule has 1 saturated heterocycles. The Morgan fingerprint density at radius 2 is 1.69 bits per heavy atom. The highest BCUT2D eigenvalue weighted by atomic mass is 32.1. The summed E-state index contributed by atoms with van der Waals surface area (Å²) < 4.78 is 6.02. The first-order valence-corrected chi connectivity index (χ1v) is 9.36. The number of rotatable bonds is 2. The van der Waals surface area contributed by atoms with Gasteiger partial charge in [0.05, 0.1) is 5.60 Å². The molecule has 0 saturated carbocycles. The Morgan fingerprint density at radius 3 is 2.35 bits per heavy atom. The van der Waals surface area contributed by atoms with Crippen molar-refractivity contribution in [2.24, 2.45) is 4.99 Å². The van der Waals surface area contributed by atoms with Crippen molar-refractivity contribution in [2.75, 3.05) is 16.8 Å². The van der Waals surface area contributed by atoms with Crippen LogP contribution in [-0.2, 0) is 4.74 Å². The molecular weight excluding hydrogens is 342 g/mol. The molecule has 2 aliphatic heterocycles. The Kier molecular flexibility index (Phi) is 4.29. The van der Waals surface area contributed by atoms with Crippen LogP contribution in [0.2, 0.25) is 0 Å². The van der Waals surface area contributed by atoms with Crippen molar-refractivity contribution in [3.8, 4) is 0 Å². The number of nitrogens with zero attached hydrogens (tertiary/aromatic N) is 2. The maximum absolute atomic E-state index is 6.02. The molecule has 4 nitrogen and oxygen atoms in total. The van der Waals surface area contributed by atoms with Crippen molar-refractivity contribution in [1.82, 2.24) is 0 Å². The van der Waals surface area contributed by atoms with Gasteiger partial charge in [-0.15, -0.1) is 0 Å². The van der Waals surface area contributed by atoms with Gasteiger partial charge in [0, 0.05) is 30.8 Å². The van der Waals surface area contributed by atoms with E-state index in [-0.39, 0.29) is 11.1 Å². The zero-order valence-electron chi connectivity index (χ0n) is 15.1. The van der Waals surface area contributed by atoms with Crippen molar-refractivity contribution in [2.45, 2.75) is 37.8 Å². The molecule has 2 heterocycles. The lowest BCUT2D eigenvalue weighted by Gasteiger charge is -2.48. The van der Waals surface area contributed by atoms with Crippen molar-refractivity contribution in [3.05, 3.63) is 60.7 Å². The quantitative estimate of drug-likeness (QED) is 0.787. The van der Waals surface area contributed by atoms with Crippen LogP contribution in [0.3, 0.4) is 0 Å². The third kappa shape index (κ3) is 3.02. The van der Waals surface area contributed by atoms with E-state index < -0.39 is 0 Å². The zero-order valence-corrected chi connectivity index (χ0v) is 15.9. The van der Waals surface area contributed by atoms with Crippen molar-refractivity contribution >= 4 is 34.5 Å². The number of hydrogen-bond donors (Lipinski definition) is 1. The van der Waals surface area contributed by atoms with E-state index in [4.69, 9.17) is 21.9 Å². The van der Waals surface area contributed by atoms with Gasteiger partial charge in [-0.05, 0) is 50.3 Å². The minimum absolute atomic E-state index is 0.246. The Balaban J connectivity index is 1.78. The second-order valence-electron chi connectivity index (χ2n) is 7.47. The number of nitrogens with one attached hydrogen (secondary N) is 1. The number of amidine groups is 1. The largest absolute Gasteiger partial charge is 0.375 e. The number of thiocarbonyl (C=S) groups is 1. The first kappa shape index (κ1) is 17.2. The summed E-state index contributed by atoms with van der Waals surface area (Å²) in [6, 6.07) is 20.4. The molecule has 4 rings (SSSR count). The van der Waals surface area contributed by atoms with Crippen LogP contribution in [0.1, 0.15) is 26.7 Å². The molecular formula is C21H23N3OS. The number of ether oxygens (including phenoxy) is 1. The average molecular weight is 366 g/mol. The summed E-state index contributed by atoms with van der Waals surface area (Å²) in [6.45, 7) is 4.95. The number of anilines is 2. The lowest BCUT2D eigenvalue weighted by Crippen LogP contribution is -2.60. The van der Waals surface area contributed by atoms with Crippen LogP contribution in [-0.4, -0.2) is 28.7 Å². The zero-order chi connectivity index (χ0) is 18.2. The highest BCUT2D eigenvalue weighted by molar-refractivity contribution is 7.80. The molecule has 134 valence electrons. The molecule has 1 spiro atoms. The van der Waals surface area contributed by atoms with E-state index in [2.05, 4.69) is 48.3 Å². The molecule has 0 radical (unpaired) electrons. The summed E-state index contributed by atoms with van der Waals surface area (Å²) in [5.74, 6) is 0.911. The van der Waals surface area contributed by atoms with Crippen molar-refractivity contribution in [3.63, 3.8) is 0 Å². The lowest BCUT2D eigenvalue weighted by molar-refractivity contribution is -0.0661. The molecule has 0 aliphatic carbocycles. The van der Waals surface area contributed by atoms with E-state index in [0.29, 0.717) is 11.7 Å². The van der Waals surface area contributed by atoms with Crippen molar-refractivity contribution in [1.29, 1.82) is 0 Å². The molecule has 5 heteroatoms. The molecule has 26 heavy (non-hydrogen) atoms. The van der Waals surface area contributed by atoms with Crippen molar-refractivity contribution < 1.29 is 4.74 Å². The molecule has 1 atom stereocenters. The van der Waals surface area contributed by atoms with Gasteiger partial charge in [-0.25, -0.2) is 4.99 Å². The second-order valence-corrected chi connectivity index (χ2v) is 7.84. The van der Waals surface area contributed by atoms with Crippen LogP contribution >= 0.6 is 12.2 Å². The van der Waals surface area contributed by atoms with Gasteiger partial charge in [-0.1, -0.05) is 36.4 Å². The smallest absolute Gasteiger partial charge is 0.202 e. The molecule has 1 fully saturated rings. The topological polar surface area (TPSA) is 36.9 Å². The maximum Gasteiger partial charge on any atom is 0.202 e. The van der Waals surface area contributed by atoms with E-state index in [1.165, 1.54) is 0 Å². The third-order valence-corrected chi connectivity index (χ3v) is 5.32. The minimum Gasteiger partial charge on any atom is -0.375 e. The van der Waals surface area contributed by atoms with Gasteiger partial charge in [0.25, 0.3) is 0 Å². The predicted molar refractivity (Wildman–Crippen MR) is 111 cm³/mol. The molecule has 1 N–H and O–H groups in total. The fourth-order valence-electron chi connectivity index (χ4n) is 4.01. The van der Waals surface area contributed by atoms with E-state index >= 15 is 0 Å². The first-order valence-electron chi connectivity index (χ1n) is 8.95. The molecule has 1 unspecified atom stereocenters. The monoisotopic (exact) mass is 365 g/mol. The molecule has 2 aromatic rings. The predicted octanol–water partition coefficient (Wildman–Crippen LogP) is 4.63. The van der Waals surface area contributed by atoms with E-state index in [1.54, 1.807) is 0 Å². The summed E-state index contributed by atoms with van der Waals surface area (Å²) in [7, 11) is 0. The minimum atomic E-state index is -0.323. The lowest BCUT2D eigenvalue weighted by atomic mass is 9.79. The van der Waals surface area contributed by atoms with Gasteiger partial charge >= 0.3 is 0 Å². The van der Waals surface area contributed by atoms with Gasteiger partial charge in [0.1, 0.15) is 11.4 Å².